The first-order valence-electron chi connectivity index (χ1n) is 7.02. The highest BCUT2D eigenvalue weighted by atomic mass is 19.1. The Labute approximate surface area is 137 Å². The number of urea groups is 1. The number of nitrogens with one attached hydrogen (secondary N) is 3. The van der Waals surface area contributed by atoms with Crippen molar-refractivity contribution in [3.8, 4) is 0 Å². The molecule has 7 heteroatoms. The lowest BCUT2D eigenvalue weighted by molar-refractivity contribution is 0.102. The molecular weight excluding hydrogens is 316 g/mol. The van der Waals surface area contributed by atoms with Gasteiger partial charge in [0, 0.05) is 24.0 Å². The first-order chi connectivity index (χ1) is 11.5. The van der Waals surface area contributed by atoms with E-state index in [-0.39, 0.29) is 11.6 Å². The maximum absolute atomic E-state index is 13.6. The van der Waals surface area contributed by atoms with Crippen LogP contribution in [-0.2, 0) is 0 Å². The van der Waals surface area contributed by atoms with Crippen molar-refractivity contribution in [1.29, 1.82) is 0 Å². The van der Waals surface area contributed by atoms with Crippen molar-refractivity contribution >= 4 is 23.3 Å². The number of halogens is 2. The van der Waals surface area contributed by atoms with Gasteiger partial charge in [0.2, 0.25) is 0 Å². The second-order valence-corrected chi connectivity index (χ2v) is 4.78. The summed E-state index contributed by atoms with van der Waals surface area (Å²) in [5.41, 5.74) is 0.658. The van der Waals surface area contributed by atoms with E-state index in [1.807, 2.05) is 0 Å². The lowest BCUT2D eigenvalue weighted by Gasteiger charge is -2.09. The summed E-state index contributed by atoms with van der Waals surface area (Å²) in [5.74, 6) is -2.39. The fraction of sp³-hybridized carbons (Fsp3) is 0.0588. The van der Waals surface area contributed by atoms with Crippen molar-refractivity contribution in [3.63, 3.8) is 0 Å². The third kappa shape index (κ3) is 4.64. The highest BCUT2D eigenvalue weighted by Gasteiger charge is 2.12. The molecule has 0 heterocycles. The third-order valence-electron chi connectivity index (χ3n) is 2.98. The maximum Gasteiger partial charge on any atom is 0.319 e. The molecule has 124 valence electrons. The van der Waals surface area contributed by atoms with Crippen LogP contribution in [0.2, 0.25) is 0 Å². The molecular formula is C17H15F2N3O2. The van der Waals surface area contributed by atoms with Gasteiger partial charge in [0.1, 0.15) is 11.6 Å². The van der Waals surface area contributed by atoms with Crippen LogP contribution in [0.4, 0.5) is 25.0 Å². The maximum atomic E-state index is 13.6. The Morgan fingerprint density at radius 2 is 1.62 bits per heavy atom. The highest BCUT2D eigenvalue weighted by molar-refractivity contribution is 6.04. The van der Waals surface area contributed by atoms with Gasteiger partial charge in [0.05, 0.1) is 5.56 Å². The minimum absolute atomic E-state index is 0.262. The van der Waals surface area contributed by atoms with E-state index in [1.165, 1.54) is 0 Å². The minimum atomic E-state index is -0.940. The van der Waals surface area contributed by atoms with Crippen LogP contribution in [0.5, 0.6) is 0 Å². The molecule has 0 aromatic heterocycles. The Balaban J connectivity index is 1.99. The van der Waals surface area contributed by atoms with Gasteiger partial charge >= 0.3 is 6.03 Å². The van der Waals surface area contributed by atoms with Gasteiger partial charge in [-0.1, -0.05) is 6.08 Å². The summed E-state index contributed by atoms with van der Waals surface area (Å²) < 4.78 is 26.4. The SMILES string of the molecule is C=CCNC(=O)Nc1ccc(NC(=O)c2ccc(F)cc2F)cc1. The van der Waals surface area contributed by atoms with Crippen LogP contribution >= 0.6 is 0 Å². The third-order valence-corrected chi connectivity index (χ3v) is 2.98. The average Bonchev–Trinajstić information content (AvgIpc) is 2.54. The zero-order valence-electron chi connectivity index (χ0n) is 12.6. The van der Waals surface area contributed by atoms with Crippen LogP contribution in [0.25, 0.3) is 0 Å². The van der Waals surface area contributed by atoms with E-state index in [4.69, 9.17) is 0 Å². The Hall–Kier alpha value is -3.22. The molecule has 0 spiro atoms. The van der Waals surface area contributed by atoms with Gasteiger partial charge in [-0.25, -0.2) is 13.6 Å². The molecule has 2 aromatic carbocycles. The number of anilines is 2. The summed E-state index contributed by atoms with van der Waals surface area (Å²) in [4.78, 5) is 23.4. The van der Waals surface area contributed by atoms with Gasteiger partial charge in [0.15, 0.2) is 0 Å². The zero-order chi connectivity index (χ0) is 17.5. The monoisotopic (exact) mass is 331 g/mol. The van der Waals surface area contributed by atoms with Gasteiger partial charge in [-0.2, -0.15) is 0 Å². The van der Waals surface area contributed by atoms with Crippen LogP contribution in [0.3, 0.4) is 0 Å². The number of hydrogen-bond acceptors (Lipinski definition) is 2. The normalized spacial score (nSPS) is 9.92. The van der Waals surface area contributed by atoms with Crippen molar-refractivity contribution in [2.45, 2.75) is 0 Å². The van der Waals surface area contributed by atoms with Crippen LogP contribution in [0.1, 0.15) is 10.4 Å². The standard InChI is InChI=1S/C17H15F2N3O2/c1-2-9-20-17(24)22-13-6-4-12(5-7-13)21-16(23)14-8-3-11(18)10-15(14)19/h2-8,10H,1,9H2,(H,21,23)(H2,20,22,24). The molecule has 0 radical (unpaired) electrons. The van der Waals surface area contributed by atoms with E-state index in [9.17, 15) is 18.4 Å². The largest absolute Gasteiger partial charge is 0.334 e. The fourth-order valence-electron chi connectivity index (χ4n) is 1.85. The molecule has 0 saturated carbocycles. The Kier molecular flexibility index (Phi) is 5.62. The first kappa shape index (κ1) is 17.1. The molecule has 0 unspecified atom stereocenters. The summed E-state index contributed by atoms with van der Waals surface area (Å²) in [7, 11) is 0. The molecule has 3 N–H and O–H groups in total. The van der Waals surface area contributed by atoms with Gasteiger partial charge in [-0.05, 0) is 36.4 Å². The molecule has 0 aliphatic rings. The van der Waals surface area contributed by atoms with Crippen LogP contribution in [-0.4, -0.2) is 18.5 Å². The van der Waals surface area contributed by atoms with E-state index >= 15 is 0 Å². The molecule has 3 amide bonds. The Bertz CT molecular complexity index is 761. The highest BCUT2D eigenvalue weighted by Crippen LogP contribution is 2.16. The van der Waals surface area contributed by atoms with E-state index in [1.54, 1.807) is 30.3 Å². The van der Waals surface area contributed by atoms with E-state index in [2.05, 4.69) is 22.5 Å². The average molecular weight is 331 g/mol. The molecule has 0 bridgehead atoms. The van der Waals surface area contributed by atoms with Crippen LogP contribution < -0.4 is 16.0 Å². The quantitative estimate of drug-likeness (QED) is 0.734. The lowest BCUT2D eigenvalue weighted by Crippen LogP contribution is -2.28. The van der Waals surface area contributed by atoms with Crippen molar-refractivity contribution in [2.75, 3.05) is 17.2 Å². The van der Waals surface area contributed by atoms with Crippen molar-refractivity contribution < 1.29 is 18.4 Å². The first-order valence-corrected chi connectivity index (χ1v) is 7.02. The molecule has 5 nitrogen and oxygen atoms in total. The summed E-state index contributed by atoms with van der Waals surface area (Å²) in [5, 5.41) is 7.63. The predicted molar refractivity (Wildman–Crippen MR) is 88.0 cm³/mol. The molecule has 0 atom stereocenters. The van der Waals surface area contributed by atoms with Crippen molar-refractivity contribution in [1.82, 2.24) is 5.32 Å². The van der Waals surface area contributed by atoms with Gasteiger partial charge < -0.3 is 16.0 Å². The van der Waals surface area contributed by atoms with Crippen LogP contribution in [0, 0.1) is 11.6 Å². The number of hydrogen-bond donors (Lipinski definition) is 3. The van der Waals surface area contributed by atoms with Gasteiger partial charge in [-0.3, -0.25) is 4.79 Å². The number of carbonyl (C=O) groups excluding carboxylic acids is 2. The molecule has 2 aromatic rings. The zero-order valence-corrected chi connectivity index (χ0v) is 12.6. The fourth-order valence-corrected chi connectivity index (χ4v) is 1.85. The van der Waals surface area contributed by atoms with Gasteiger partial charge in [-0.15, -0.1) is 6.58 Å². The smallest absolute Gasteiger partial charge is 0.319 e. The van der Waals surface area contributed by atoms with E-state index < -0.39 is 17.5 Å². The van der Waals surface area contributed by atoms with E-state index in [0.717, 1.165) is 12.1 Å². The van der Waals surface area contributed by atoms with Gasteiger partial charge in [0.25, 0.3) is 5.91 Å². The van der Waals surface area contributed by atoms with Crippen molar-refractivity contribution in [2.24, 2.45) is 0 Å². The number of rotatable bonds is 5. The second kappa shape index (κ2) is 7.87. The molecule has 0 aliphatic carbocycles. The summed E-state index contributed by atoms with van der Waals surface area (Å²) in [6.07, 6.45) is 1.55. The number of carbonyl (C=O) groups is 2. The van der Waals surface area contributed by atoms with Crippen molar-refractivity contribution in [3.05, 3.63) is 72.3 Å². The Morgan fingerprint density at radius 3 is 2.21 bits per heavy atom. The summed E-state index contributed by atoms with van der Waals surface area (Å²) in [6.45, 7) is 3.82. The lowest BCUT2D eigenvalue weighted by atomic mass is 10.2. The molecule has 0 fully saturated rings. The van der Waals surface area contributed by atoms with E-state index in [0.29, 0.717) is 24.0 Å². The number of benzene rings is 2. The predicted octanol–water partition coefficient (Wildman–Crippen LogP) is 3.52. The summed E-state index contributed by atoms with van der Waals surface area (Å²) in [6, 6.07) is 8.57. The molecule has 0 saturated heterocycles. The number of amides is 3. The Morgan fingerprint density at radius 1 is 1.00 bits per heavy atom. The topological polar surface area (TPSA) is 70.2 Å². The van der Waals surface area contributed by atoms with Crippen LogP contribution in [0.15, 0.2) is 55.1 Å². The molecule has 24 heavy (non-hydrogen) atoms. The molecule has 0 aliphatic heterocycles. The minimum Gasteiger partial charge on any atom is -0.334 e. The second-order valence-electron chi connectivity index (χ2n) is 4.78. The molecule has 2 rings (SSSR count). The summed E-state index contributed by atoms with van der Waals surface area (Å²) >= 11 is 0.